The van der Waals surface area contributed by atoms with Crippen molar-refractivity contribution in [1.29, 1.82) is 0 Å². The number of carbonyl (C=O) groups is 1. The Morgan fingerprint density at radius 1 is 1.54 bits per heavy atom. The minimum atomic E-state index is 0.206. The summed E-state index contributed by atoms with van der Waals surface area (Å²) in [5.41, 5.74) is 5.57. The number of hydrogen-bond donors (Lipinski definition) is 2. The Bertz CT molecular complexity index is 164. The lowest BCUT2D eigenvalue weighted by Gasteiger charge is -2.31. The van der Waals surface area contributed by atoms with Gasteiger partial charge in [-0.05, 0) is 32.4 Å². The number of likely N-dealkylation sites (N-methyl/N-ethyl adjacent to an activating group) is 1. The number of nitrogens with one attached hydrogen (secondary N) is 1. The third-order valence-electron chi connectivity index (χ3n) is 2.63. The van der Waals surface area contributed by atoms with Crippen LogP contribution in [0.15, 0.2) is 0 Å². The molecule has 1 aliphatic heterocycles. The number of amides is 1. The molecule has 0 spiro atoms. The second-order valence-corrected chi connectivity index (χ2v) is 3.59. The van der Waals surface area contributed by atoms with Crippen LogP contribution in [0.2, 0.25) is 0 Å². The average Bonchev–Trinajstić information content (AvgIpc) is 2.18. The van der Waals surface area contributed by atoms with Crippen LogP contribution in [-0.4, -0.2) is 44.0 Å². The van der Waals surface area contributed by atoms with Gasteiger partial charge in [-0.25, -0.2) is 0 Å². The number of likely N-dealkylation sites (tertiary alicyclic amines) is 1. The highest BCUT2D eigenvalue weighted by molar-refractivity contribution is 5.78. The van der Waals surface area contributed by atoms with Crippen LogP contribution < -0.4 is 11.1 Å². The highest BCUT2D eigenvalue weighted by atomic mass is 16.2. The van der Waals surface area contributed by atoms with E-state index in [0.29, 0.717) is 12.5 Å². The van der Waals surface area contributed by atoms with Gasteiger partial charge in [0.25, 0.3) is 0 Å². The van der Waals surface area contributed by atoms with Crippen molar-refractivity contribution in [1.82, 2.24) is 10.2 Å². The van der Waals surface area contributed by atoms with E-state index < -0.39 is 0 Å². The van der Waals surface area contributed by atoms with Gasteiger partial charge in [0.05, 0.1) is 6.54 Å². The molecular formula is C9H19N3O. The molecule has 76 valence electrons. The van der Waals surface area contributed by atoms with Gasteiger partial charge in [0, 0.05) is 13.1 Å². The first kappa shape index (κ1) is 10.5. The van der Waals surface area contributed by atoms with Crippen LogP contribution >= 0.6 is 0 Å². The smallest absolute Gasteiger partial charge is 0.236 e. The number of carbonyl (C=O) groups excluding carboxylic acids is 1. The molecule has 0 aromatic heterocycles. The van der Waals surface area contributed by atoms with Gasteiger partial charge in [-0.15, -0.1) is 0 Å². The van der Waals surface area contributed by atoms with Gasteiger partial charge in [-0.1, -0.05) is 0 Å². The summed E-state index contributed by atoms with van der Waals surface area (Å²) in [7, 11) is 1.80. The summed E-state index contributed by atoms with van der Waals surface area (Å²) in [4.78, 5) is 13.3. The van der Waals surface area contributed by atoms with Crippen LogP contribution in [0.4, 0.5) is 0 Å². The SMILES string of the molecule is CNCC(=O)N1CCC(CN)CC1. The van der Waals surface area contributed by atoms with Crippen molar-refractivity contribution in [3.05, 3.63) is 0 Å². The lowest BCUT2D eigenvalue weighted by molar-refractivity contribution is -0.131. The maximum absolute atomic E-state index is 11.4. The first-order chi connectivity index (χ1) is 6.27. The van der Waals surface area contributed by atoms with Gasteiger partial charge in [-0.3, -0.25) is 4.79 Å². The van der Waals surface area contributed by atoms with E-state index in [9.17, 15) is 4.79 Å². The summed E-state index contributed by atoms with van der Waals surface area (Å²) in [6.45, 7) is 2.96. The van der Waals surface area contributed by atoms with E-state index in [1.165, 1.54) is 0 Å². The zero-order valence-corrected chi connectivity index (χ0v) is 8.25. The highest BCUT2D eigenvalue weighted by Gasteiger charge is 2.20. The maximum Gasteiger partial charge on any atom is 0.236 e. The van der Waals surface area contributed by atoms with Crippen LogP contribution in [0.25, 0.3) is 0 Å². The minimum Gasteiger partial charge on any atom is -0.342 e. The zero-order chi connectivity index (χ0) is 9.68. The zero-order valence-electron chi connectivity index (χ0n) is 8.25. The fourth-order valence-corrected chi connectivity index (χ4v) is 1.68. The third kappa shape index (κ3) is 2.97. The number of rotatable bonds is 3. The van der Waals surface area contributed by atoms with Crippen molar-refractivity contribution < 1.29 is 4.79 Å². The Labute approximate surface area is 79.5 Å². The lowest BCUT2D eigenvalue weighted by atomic mass is 9.97. The molecule has 1 amide bonds. The minimum absolute atomic E-state index is 0.206. The fraction of sp³-hybridized carbons (Fsp3) is 0.889. The van der Waals surface area contributed by atoms with Crippen LogP contribution in [-0.2, 0) is 4.79 Å². The van der Waals surface area contributed by atoms with Gasteiger partial charge in [0.15, 0.2) is 0 Å². The lowest BCUT2D eigenvalue weighted by Crippen LogP contribution is -2.43. The molecule has 0 aliphatic carbocycles. The summed E-state index contributed by atoms with van der Waals surface area (Å²) in [6.07, 6.45) is 2.12. The third-order valence-corrected chi connectivity index (χ3v) is 2.63. The Balaban J connectivity index is 2.28. The quantitative estimate of drug-likeness (QED) is 0.617. The number of hydrogen-bond acceptors (Lipinski definition) is 3. The van der Waals surface area contributed by atoms with E-state index in [-0.39, 0.29) is 5.91 Å². The molecule has 0 saturated carbocycles. The van der Waals surface area contributed by atoms with E-state index in [1.54, 1.807) is 7.05 Å². The molecule has 1 saturated heterocycles. The van der Waals surface area contributed by atoms with Crippen molar-refractivity contribution in [2.45, 2.75) is 12.8 Å². The molecule has 4 heteroatoms. The molecule has 4 nitrogen and oxygen atoms in total. The Hall–Kier alpha value is -0.610. The van der Waals surface area contributed by atoms with Gasteiger partial charge < -0.3 is 16.0 Å². The molecule has 0 atom stereocenters. The summed E-state index contributed by atoms with van der Waals surface area (Å²) in [6, 6.07) is 0. The van der Waals surface area contributed by atoms with Crippen molar-refractivity contribution >= 4 is 5.91 Å². The van der Waals surface area contributed by atoms with E-state index in [4.69, 9.17) is 5.73 Å². The predicted octanol–water partition coefficient (Wildman–Crippen LogP) is -0.597. The predicted molar refractivity (Wildman–Crippen MR) is 52.3 cm³/mol. The second-order valence-electron chi connectivity index (χ2n) is 3.59. The summed E-state index contributed by atoms with van der Waals surface area (Å²) in [5, 5.41) is 2.87. The van der Waals surface area contributed by atoms with Crippen molar-refractivity contribution in [2.24, 2.45) is 11.7 Å². The van der Waals surface area contributed by atoms with Gasteiger partial charge in [-0.2, -0.15) is 0 Å². The Morgan fingerprint density at radius 3 is 2.62 bits per heavy atom. The van der Waals surface area contributed by atoms with Crippen LogP contribution in [0.1, 0.15) is 12.8 Å². The van der Waals surface area contributed by atoms with E-state index in [0.717, 1.165) is 32.5 Å². The molecule has 1 heterocycles. The molecular weight excluding hydrogens is 166 g/mol. The molecule has 13 heavy (non-hydrogen) atoms. The summed E-state index contributed by atoms with van der Waals surface area (Å²) >= 11 is 0. The summed E-state index contributed by atoms with van der Waals surface area (Å²) < 4.78 is 0. The Kier molecular flexibility index (Phi) is 4.18. The molecule has 0 radical (unpaired) electrons. The number of piperidine rings is 1. The second kappa shape index (κ2) is 5.19. The Morgan fingerprint density at radius 2 is 2.15 bits per heavy atom. The van der Waals surface area contributed by atoms with Crippen molar-refractivity contribution in [3.8, 4) is 0 Å². The topological polar surface area (TPSA) is 58.4 Å². The molecule has 0 bridgehead atoms. The molecule has 3 N–H and O–H groups in total. The van der Waals surface area contributed by atoms with E-state index >= 15 is 0 Å². The molecule has 0 aromatic rings. The molecule has 1 aliphatic rings. The normalized spacial score (nSPS) is 19.1. The van der Waals surface area contributed by atoms with Crippen molar-refractivity contribution in [3.63, 3.8) is 0 Å². The highest BCUT2D eigenvalue weighted by Crippen LogP contribution is 2.15. The first-order valence-corrected chi connectivity index (χ1v) is 4.90. The van der Waals surface area contributed by atoms with E-state index in [2.05, 4.69) is 5.32 Å². The number of nitrogens with zero attached hydrogens (tertiary/aromatic N) is 1. The van der Waals surface area contributed by atoms with Crippen LogP contribution in [0.3, 0.4) is 0 Å². The van der Waals surface area contributed by atoms with Crippen LogP contribution in [0, 0.1) is 5.92 Å². The maximum atomic E-state index is 11.4. The average molecular weight is 185 g/mol. The monoisotopic (exact) mass is 185 g/mol. The molecule has 0 unspecified atom stereocenters. The van der Waals surface area contributed by atoms with Crippen LogP contribution in [0.5, 0.6) is 0 Å². The fourth-order valence-electron chi connectivity index (χ4n) is 1.68. The van der Waals surface area contributed by atoms with Crippen molar-refractivity contribution in [2.75, 3.05) is 33.2 Å². The van der Waals surface area contributed by atoms with Gasteiger partial charge in [0.1, 0.15) is 0 Å². The molecule has 1 rings (SSSR count). The first-order valence-electron chi connectivity index (χ1n) is 4.90. The summed E-state index contributed by atoms with van der Waals surface area (Å²) in [5.74, 6) is 0.830. The largest absolute Gasteiger partial charge is 0.342 e. The van der Waals surface area contributed by atoms with Gasteiger partial charge in [0.2, 0.25) is 5.91 Å². The van der Waals surface area contributed by atoms with Gasteiger partial charge >= 0.3 is 0 Å². The number of nitrogens with two attached hydrogens (primary N) is 1. The molecule has 0 aromatic carbocycles. The molecule has 1 fully saturated rings. The standard InChI is InChI=1S/C9H19N3O/c1-11-7-9(13)12-4-2-8(6-10)3-5-12/h8,11H,2-7,10H2,1H3. The van der Waals surface area contributed by atoms with E-state index in [1.807, 2.05) is 4.90 Å².